The van der Waals surface area contributed by atoms with Crippen molar-refractivity contribution in [3.63, 3.8) is 0 Å². The molecule has 6 heteroatoms. The largest absolute Gasteiger partial charge is 0.507 e. The summed E-state index contributed by atoms with van der Waals surface area (Å²) in [6, 6.07) is 15.4. The average molecular weight is 401 g/mol. The highest BCUT2D eigenvalue weighted by Gasteiger charge is 2.42. The number of pyridine rings is 1. The van der Waals surface area contributed by atoms with Crippen LogP contribution in [0.5, 0.6) is 17.2 Å². The highest BCUT2D eigenvalue weighted by atomic mass is 16.5. The Kier molecular flexibility index (Phi) is 4.54. The minimum absolute atomic E-state index is 0.0118. The molecule has 152 valence electrons. The highest BCUT2D eigenvalue weighted by molar-refractivity contribution is 6.04. The van der Waals surface area contributed by atoms with Crippen molar-refractivity contribution in [2.45, 2.75) is 32.5 Å². The van der Waals surface area contributed by atoms with E-state index in [0.717, 1.165) is 39.5 Å². The maximum atomic E-state index is 10.5. The van der Waals surface area contributed by atoms with Gasteiger partial charge in [-0.1, -0.05) is 23.8 Å². The zero-order valence-corrected chi connectivity index (χ0v) is 16.9. The normalized spacial score (nSPS) is 19.5. The summed E-state index contributed by atoms with van der Waals surface area (Å²) in [7, 11) is 0. The Balaban J connectivity index is 1.63. The van der Waals surface area contributed by atoms with Crippen molar-refractivity contribution in [3.8, 4) is 17.2 Å². The van der Waals surface area contributed by atoms with Crippen molar-refractivity contribution in [3.05, 3.63) is 83.2 Å². The number of phenols is 1. The topological polar surface area (TPSA) is 67.2 Å². The van der Waals surface area contributed by atoms with Crippen LogP contribution in [-0.4, -0.2) is 27.4 Å². The lowest BCUT2D eigenvalue weighted by Gasteiger charge is -2.38. The molecule has 0 aliphatic carbocycles. The van der Waals surface area contributed by atoms with Crippen molar-refractivity contribution in [2.24, 2.45) is 5.10 Å². The molecule has 0 fully saturated rings. The minimum atomic E-state index is -0.406. The molecule has 30 heavy (non-hydrogen) atoms. The van der Waals surface area contributed by atoms with Crippen molar-refractivity contribution < 1.29 is 14.6 Å². The Labute approximate surface area is 175 Å². The van der Waals surface area contributed by atoms with E-state index >= 15 is 0 Å². The molecule has 0 amide bonds. The number of aromatic nitrogens is 1. The lowest BCUT2D eigenvalue weighted by molar-refractivity contribution is -0.0212. The van der Waals surface area contributed by atoms with Crippen LogP contribution in [0.15, 0.2) is 66.0 Å². The summed E-state index contributed by atoms with van der Waals surface area (Å²) in [5, 5.41) is 17.4. The van der Waals surface area contributed by atoms with Gasteiger partial charge < -0.3 is 14.6 Å². The number of aromatic hydroxyl groups is 1. The molecule has 0 saturated carbocycles. The molecule has 5 rings (SSSR count). The highest BCUT2D eigenvalue weighted by Crippen LogP contribution is 2.51. The molecule has 3 heterocycles. The lowest BCUT2D eigenvalue weighted by atomic mass is 9.95. The van der Waals surface area contributed by atoms with E-state index in [1.54, 1.807) is 18.5 Å². The van der Waals surface area contributed by atoms with Gasteiger partial charge in [0.05, 0.1) is 18.4 Å². The second-order valence-corrected chi connectivity index (χ2v) is 7.53. The molecular weight excluding hydrogens is 378 g/mol. The van der Waals surface area contributed by atoms with Gasteiger partial charge in [-0.25, -0.2) is 5.01 Å². The van der Waals surface area contributed by atoms with Crippen LogP contribution in [-0.2, 0) is 0 Å². The van der Waals surface area contributed by atoms with Gasteiger partial charge in [0.2, 0.25) is 6.23 Å². The maximum absolute atomic E-state index is 10.5. The first-order valence-corrected chi connectivity index (χ1v) is 10.1. The van der Waals surface area contributed by atoms with Crippen LogP contribution in [0.2, 0.25) is 0 Å². The number of ether oxygens (including phenoxy) is 2. The molecular formula is C24H23N3O3. The summed E-state index contributed by atoms with van der Waals surface area (Å²) in [6.45, 7) is 4.54. The van der Waals surface area contributed by atoms with Crippen molar-refractivity contribution in [1.29, 1.82) is 0 Å². The predicted molar refractivity (Wildman–Crippen MR) is 114 cm³/mol. The summed E-state index contributed by atoms with van der Waals surface area (Å²) in [5.41, 5.74) is 4.69. The lowest BCUT2D eigenvalue weighted by Crippen LogP contribution is -2.33. The van der Waals surface area contributed by atoms with Gasteiger partial charge in [-0.3, -0.25) is 4.98 Å². The molecule has 1 aromatic heterocycles. The van der Waals surface area contributed by atoms with Gasteiger partial charge in [-0.15, -0.1) is 0 Å². The summed E-state index contributed by atoms with van der Waals surface area (Å²) < 4.78 is 12.3. The zero-order valence-electron chi connectivity index (χ0n) is 16.9. The SMILES string of the molecule is CCOc1cccc2c1O[C@H](c1ccncc1)N1N=C(c3cc(C)ccc3O)C[C@@H]21. The molecule has 2 aromatic carbocycles. The number of para-hydroxylation sites is 1. The summed E-state index contributed by atoms with van der Waals surface area (Å²) in [5.74, 6) is 1.73. The number of benzene rings is 2. The van der Waals surface area contributed by atoms with E-state index in [0.29, 0.717) is 13.0 Å². The van der Waals surface area contributed by atoms with Gasteiger partial charge in [-0.2, -0.15) is 5.10 Å². The number of phenolic OH excluding ortho intramolecular Hbond substituents is 1. The third kappa shape index (κ3) is 3.05. The zero-order chi connectivity index (χ0) is 20.7. The van der Waals surface area contributed by atoms with Crippen LogP contribution in [0.4, 0.5) is 0 Å². The first-order chi connectivity index (χ1) is 14.7. The molecule has 0 saturated heterocycles. The number of rotatable bonds is 4. The van der Waals surface area contributed by atoms with Gasteiger partial charge in [-0.05, 0) is 44.2 Å². The van der Waals surface area contributed by atoms with Crippen LogP contribution in [0, 0.1) is 6.92 Å². The number of hydrogen-bond acceptors (Lipinski definition) is 6. The molecule has 2 atom stereocenters. The summed E-state index contributed by atoms with van der Waals surface area (Å²) >= 11 is 0. The average Bonchev–Trinajstić information content (AvgIpc) is 3.21. The Morgan fingerprint density at radius 2 is 2.00 bits per heavy atom. The monoisotopic (exact) mass is 401 g/mol. The van der Waals surface area contributed by atoms with Crippen molar-refractivity contribution in [2.75, 3.05) is 6.61 Å². The quantitative estimate of drug-likeness (QED) is 0.684. The van der Waals surface area contributed by atoms with Crippen LogP contribution in [0.3, 0.4) is 0 Å². The van der Waals surface area contributed by atoms with Crippen LogP contribution >= 0.6 is 0 Å². The van der Waals surface area contributed by atoms with E-state index in [2.05, 4.69) is 11.1 Å². The van der Waals surface area contributed by atoms with Crippen molar-refractivity contribution >= 4 is 5.71 Å². The third-order valence-corrected chi connectivity index (χ3v) is 5.53. The molecule has 0 radical (unpaired) electrons. The van der Waals surface area contributed by atoms with Gasteiger partial charge >= 0.3 is 0 Å². The van der Waals surface area contributed by atoms with Crippen molar-refractivity contribution in [1.82, 2.24) is 9.99 Å². The van der Waals surface area contributed by atoms with E-state index in [1.807, 2.05) is 55.3 Å². The van der Waals surface area contributed by atoms with E-state index in [1.165, 1.54) is 0 Å². The number of hydrogen-bond donors (Lipinski definition) is 1. The second kappa shape index (κ2) is 7.37. The number of aryl methyl sites for hydroxylation is 1. The van der Waals surface area contributed by atoms with Gasteiger partial charge in [0, 0.05) is 35.5 Å². The van der Waals surface area contributed by atoms with E-state index < -0.39 is 6.23 Å². The number of fused-ring (bicyclic) bond motifs is 3. The first-order valence-electron chi connectivity index (χ1n) is 10.1. The predicted octanol–water partition coefficient (Wildman–Crippen LogP) is 4.74. The Morgan fingerprint density at radius 1 is 1.17 bits per heavy atom. The van der Waals surface area contributed by atoms with E-state index in [9.17, 15) is 5.11 Å². The molecule has 2 aliphatic rings. The molecule has 6 nitrogen and oxygen atoms in total. The first kappa shape index (κ1) is 18.5. The fourth-order valence-corrected chi connectivity index (χ4v) is 4.14. The smallest absolute Gasteiger partial charge is 0.214 e. The molecule has 0 bridgehead atoms. The Morgan fingerprint density at radius 3 is 2.80 bits per heavy atom. The molecule has 0 unspecified atom stereocenters. The maximum Gasteiger partial charge on any atom is 0.214 e. The Bertz CT molecular complexity index is 1110. The van der Waals surface area contributed by atoms with Crippen LogP contribution < -0.4 is 9.47 Å². The van der Waals surface area contributed by atoms with Gasteiger partial charge in [0.1, 0.15) is 5.75 Å². The summed E-state index contributed by atoms with van der Waals surface area (Å²) in [6.07, 6.45) is 3.77. The summed E-state index contributed by atoms with van der Waals surface area (Å²) in [4.78, 5) is 4.13. The number of hydrazone groups is 1. The number of nitrogens with zero attached hydrogens (tertiary/aromatic N) is 3. The van der Waals surface area contributed by atoms with Gasteiger partial charge in [0.15, 0.2) is 11.5 Å². The molecule has 3 aromatic rings. The van der Waals surface area contributed by atoms with E-state index in [-0.39, 0.29) is 11.8 Å². The minimum Gasteiger partial charge on any atom is -0.507 e. The van der Waals surface area contributed by atoms with Crippen LogP contribution in [0.25, 0.3) is 0 Å². The second-order valence-electron chi connectivity index (χ2n) is 7.53. The van der Waals surface area contributed by atoms with Gasteiger partial charge in [0.25, 0.3) is 0 Å². The third-order valence-electron chi connectivity index (χ3n) is 5.53. The fraction of sp³-hybridized carbons (Fsp3) is 0.250. The Hall–Kier alpha value is -3.54. The van der Waals surface area contributed by atoms with Crippen LogP contribution in [0.1, 0.15) is 47.9 Å². The standard InChI is InChI=1S/C24H23N3O3/c1-3-29-22-6-4-5-17-20-14-19(18-13-15(2)7-8-21(18)28)26-27(20)24(30-23(17)22)16-9-11-25-12-10-16/h4-13,20,24,28H,3,14H2,1-2H3/t20-,24+/m0/s1. The van der Waals surface area contributed by atoms with E-state index in [4.69, 9.17) is 14.6 Å². The fourth-order valence-electron chi connectivity index (χ4n) is 4.14. The molecule has 1 N–H and O–H groups in total. The molecule has 2 aliphatic heterocycles. The molecule has 0 spiro atoms.